The number of nitrogens with one attached hydrogen (secondary N) is 2. The van der Waals surface area contributed by atoms with Crippen molar-refractivity contribution >= 4 is 49.8 Å². The molecule has 0 unspecified atom stereocenters. The van der Waals surface area contributed by atoms with Crippen LogP contribution in [-0.2, 0) is 16.0 Å². The average Bonchev–Trinajstić information content (AvgIpc) is 3.14. The summed E-state index contributed by atoms with van der Waals surface area (Å²) in [7, 11) is 1.91. The Bertz CT molecular complexity index is 700. The van der Waals surface area contributed by atoms with E-state index in [1.54, 1.807) is 11.6 Å². The highest BCUT2D eigenvalue weighted by Crippen LogP contribution is 2.26. The fraction of sp³-hybridized carbons (Fsp3) is 0.429. The van der Waals surface area contributed by atoms with E-state index in [1.807, 2.05) is 11.9 Å². The van der Waals surface area contributed by atoms with Crippen LogP contribution >= 0.6 is 22.7 Å². The summed E-state index contributed by atoms with van der Waals surface area (Å²) < 4.78 is 0. The van der Waals surface area contributed by atoms with E-state index in [4.69, 9.17) is 5.11 Å². The second kappa shape index (κ2) is 8.71. The topological polar surface area (TPSA) is 107 Å². The fourth-order valence-electron chi connectivity index (χ4n) is 1.84. The molecule has 0 saturated carbocycles. The molecule has 0 aliphatic heterocycles. The SMILES string of the molecule is CC(=O)Nc1nc(CC(=O)Nc2ncc(N(C)CCCO)s2)cs1. The largest absolute Gasteiger partial charge is 0.396 e. The first-order chi connectivity index (χ1) is 11.5. The third-order valence-electron chi connectivity index (χ3n) is 2.94. The lowest BCUT2D eigenvalue weighted by atomic mass is 10.3. The number of carbonyl (C=O) groups excluding carboxylic acids is 2. The monoisotopic (exact) mass is 369 g/mol. The number of hydrogen-bond donors (Lipinski definition) is 3. The number of carbonyl (C=O) groups is 2. The molecule has 2 aromatic heterocycles. The Morgan fingerprint density at radius 1 is 1.33 bits per heavy atom. The van der Waals surface area contributed by atoms with Crippen molar-refractivity contribution in [2.24, 2.45) is 0 Å². The van der Waals surface area contributed by atoms with Crippen molar-refractivity contribution in [2.75, 3.05) is 35.7 Å². The Hall–Kier alpha value is -2.04. The molecule has 130 valence electrons. The fourth-order valence-corrected chi connectivity index (χ4v) is 3.42. The summed E-state index contributed by atoms with van der Waals surface area (Å²) in [4.78, 5) is 33.3. The molecule has 0 bridgehead atoms. The van der Waals surface area contributed by atoms with Gasteiger partial charge in [0.1, 0.15) is 5.00 Å². The normalized spacial score (nSPS) is 10.5. The predicted molar refractivity (Wildman–Crippen MR) is 95.8 cm³/mol. The Morgan fingerprint density at radius 2 is 2.12 bits per heavy atom. The summed E-state index contributed by atoms with van der Waals surface area (Å²) in [5, 5.41) is 17.8. The van der Waals surface area contributed by atoms with Gasteiger partial charge in [0, 0.05) is 32.5 Å². The summed E-state index contributed by atoms with van der Waals surface area (Å²) in [6.07, 6.45) is 2.48. The zero-order valence-corrected chi connectivity index (χ0v) is 15.0. The number of amides is 2. The van der Waals surface area contributed by atoms with E-state index in [1.165, 1.54) is 29.6 Å². The maximum absolute atomic E-state index is 12.1. The van der Waals surface area contributed by atoms with Crippen LogP contribution in [0.3, 0.4) is 0 Å². The van der Waals surface area contributed by atoms with Crippen LogP contribution in [-0.4, -0.2) is 47.1 Å². The molecule has 0 fully saturated rings. The van der Waals surface area contributed by atoms with Gasteiger partial charge in [0.25, 0.3) is 0 Å². The molecule has 10 heteroatoms. The molecular weight excluding hydrogens is 350 g/mol. The summed E-state index contributed by atoms with van der Waals surface area (Å²) in [5.41, 5.74) is 0.595. The molecule has 0 saturated heterocycles. The number of nitrogens with zero attached hydrogens (tertiary/aromatic N) is 3. The van der Waals surface area contributed by atoms with E-state index < -0.39 is 0 Å². The van der Waals surface area contributed by atoms with Crippen LogP contribution in [0.4, 0.5) is 15.3 Å². The Balaban J connectivity index is 1.87. The van der Waals surface area contributed by atoms with Crippen molar-refractivity contribution in [3.8, 4) is 0 Å². The molecule has 3 N–H and O–H groups in total. The van der Waals surface area contributed by atoms with Crippen molar-refractivity contribution in [2.45, 2.75) is 19.8 Å². The van der Waals surface area contributed by atoms with E-state index in [0.717, 1.165) is 11.5 Å². The van der Waals surface area contributed by atoms with Gasteiger partial charge in [-0.25, -0.2) is 9.97 Å². The number of thiazole rings is 2. The van der Waals surface area contributed by atoms with Crippen molar-refractivity contribution in [1.29, 1.82) is 0 Å². The highest BCUT2D eigenvalue weighted by Gasteiger charge is 2.12. The lowest BCUT2D eigenvalue weighted by Crippen LogP contribution is -2.18. The van der Waals surface area contributed by atoms with Gasteiger partial charge in [0.15, 0.2) is 10.3 Å². The number of aromatic nitrogens is 2. The second-order valence-corrected chi connectivity index (χ2v) is 6.92. The van der Waals surface area contributed by atoms with Gasteiger partial charge < -0.3 is 20.6 Å². The van der Waals surface area contributed by atoms with Crippen LogP contribution in [0.1, 0.15) is 19.0 Å². The third kappa shape index (κ3) is 5.55. The number of anilines is 3. The smallest absolute Gasteiger partial charge is 0.232 e. The van der Waals surface area contributed by atoms with E-state index in [9.17, 15) is 9.59 Å². The first kappa shape index (κ1) is 18.3. The van der Waals surface area contributed by atoms with E-state index in [2.05, 4.69) is 20.6 Å². The third-order valence-corrected chi connectivity index (χ3v) is 4.78. The summed E-state index contributed by atoms with van der Waals surface area (Å²) in [6.45, 7) is 2.27. The number of rotatable bonds is 8. The van der Waals surface area contributed by atoms with Crippen LogP contribution in [0.5, 0.6) is 0 Å². The van der Waals surface area contributed by atoms with Crippen molar-refractivity contribution < 1.29 is 14.7 Å². The van der Waals surface area contributed by atoms with E-state index in [-0.39, 0.29) is 24.8 Å². The minimum absolute atomic E-state index is 0.116. The summed E-state index contributed by atoms with van der Waals surface area (Å²) in [5.74, 6) is -0.408. The summed E-state index contributed by atoms with van der Waals surface area (Å²) in [6, 6.07) is 0. The molecule has 0 aliphatic rings. The van der Waals surface area contributed by atoms with Crippen LogP contribution < -0.4 is 15.5 Å². The molecule has 2 heterocycles. The van der Waals surface area contributed by atoms with E-state index in [0.29, 0.717) is 22.4 Å². The summed E-state index contributed by atoms with van der Waals surface area (Å²) >= 11 is 2.65. The lowest BCUT2D eigenvalue weighted by molar-refractivity contribution is -0.116. The Labute approximate surface area is 147 Å². The average molecular weight is 369 g/mol. The van der Waals surface area contributed by atoms with Gasteiger partial charge in [0.2, 0.25) is 11.8 Å². The molecule has 2 amide bonds. The number of hydrogen-bond acceptors (Lipinski definition) is 8. The standard InChI is InChI=1S/C14H19N5O3S2/c1-9(21)16-14-17-10(8-23-14)6-11(22)18-13-15-7-12(24-13)19(2)4-3-5-20/h7-8,20H,3-6H2,1-2H3,(H,15,18,22)(H,16,17,21). The van der Waals surface area contributed by atoms with Crippen LogP contribution in [0.25, 0.3) is 0 Å². The number of aliphatic hydroxyl groups is 1. The molecule has 24 heavy (non-hydrogen) atoms. The number of aliphatic hydroxyl groups excluding tert-OH is 1. The molecule has 2 aromatic rings. The van der Waals surface area contributed by atoms with Crippen LogP contribution in [0.2, 0.25) is 0 Å². The quantitative estimate of drug-likeness (QED) is 0.652. The lowest BCUT2D eigenvalue weighted by Gasteiger charge is -2.14. The minimum atomic E-state index is -0.214. The van der Waals surface area contributed by atoms with Crippen molar-refractivity contribution in [3.05, 3.63) is 17.3 Å². The van der Waals surface area contributed by atoms with Crippen LogP contribution in [0, 0.1) is 0 Å². The van der Waals surface area contributed by atoms with Gasteiger partial charge in [-0.1, -0.05) is 11.3 Å². The first-order valence-corrected chi connectivity index (χ1v) is 8.97. The van der Waals surface area contributed by atoms with Gasteiger partial charge in [-0.15, -0.1) is 11.3 Å². The van der Waals surface area contributed by atoms with Gasteiger partial charge in [-0.3, -0.25) is 9.59 Å². The van der Waals surface area contributed by atoms with E-state index >= 15 is 0 Å². The molecule has 0 spiro atoms. The van der Waals surface area contributed by atoms with Gasteiger partial charge in [-0.2, -0.15) is 0 Å². The zero-order chi connectivity index (χ0) is 17.5. The molecular formula is C14H19N5O3S2. The van der Waals surface area contributed by atoms with Gasteiger partial charge in [0.05, 0.1) is 18.3 Å². The van der Waals surface area contributed by atoms with Crippen LogP contribution in [0.15, 0.2) is 11.6 Å². The predicted octanol–water partition coefficient (Wildman–Crippen LogP) is 1.56. The zero-order valence-electron chi connectivity index (χ0n) is 13.4. The van der Waals surface area contributed by atoms with Crippen molar-refractivity contribution in [3.63, 3.8) is 0 Å². The first-order valence-electron chi connectivity index (χ1n) is 7.27. The molecule has 0 radical (unpaired) electrons. The maximum atomic E-state index is 12.1. The minimum Gasteiger partial charge on any atom is -0.396 e. The maximum Gasteiger partial charge on any atom is 0.232 e. The van der Waals surface area contributed by atoms with Gasteiger partial charge in [-0.05, 0) is 6.42 Å². The second-order valence-electron chi connectivity index (χ2n) is 5.05. The molecule has 8 nitrogen and oxygen atoms in total. The molecule has 2 rings (SSSR count). The molecule has 0 aromatic carbocycles. The Kier molecular flexibility index (Phi) is 6.64. The highest BCUT2D eigenvalue weighted by atomic mass is 32.1. The molecule has 0 atom stereocenters. The van der Waals surface area contributed by atoms with Gasteiger partial charge >= 0.3 is 0 Å². The molecule has 0 aliphatic carbocycles. The van der Waals surface area contributed by atoms with Crippen molar-refractivity contribution in [1.82, 2.24) is 9.97 Å². The highest BCUT2D eigenvalue weighted by molar-refractivity contribution is 7.19. The Morgan fingerprint density at radius 3 is 2.83 bits per heavy atom.